The maximum absolute atomic E-state index is 11.5. The van der Waals surface area contributed by atoms with Gasteiger partial charge in [0.15, 0.2) is 0 Å². The van der Waals surface area contributed by atoms with Crippen LogP contribution >= 0.6 is 15.9 Å². The summed E-state index contributed by atoms with van der Waals surface area (Å²) in [4.78, 5) is 22.9. The minimum Gasteiger partial charge on any atom is -0.458 e. The lowest BCUT2D eigenvalue weighted by Gasteiger charge is -2.06. The molecule has 0 atom stereocenters. The fourth-order valence-electron chi connectivity index (χ4n) is 1.38. The van der Waals surface area contributed by atoms with Crippen LogP contribution in [0, 0.1) is 0 Å². The van der Waals surface area contributed by atoms with Gasteiger partial charge in [-0.1, -0.05) is 0 Å². The number of hydrogen-bond donors (Lipinski definition) is 0. The van der Waals surface area contributed by atoms with Gasteiger partial charge in [-0.25, -0.2) is 4.79 Å². The molecule has 5 nitrogen and oxygen atoms in total. The molecule has 2 aromatic heterocycles. The van der Waals surface area contributed by atoms with E-state index in [4.69, 9.17) is 9.15 Å². The Morgan fingerprint density at radius 3 is 2.94 bits per heavy atom. The highest BCUT2D eigenvalue weighted by Gasteiger charge is 2.09. The maximum Gasteiger partial charge on any atom is 0.374 e. The largest absolute Gasteiger partial charge is 0.458 e. The lowest BCUT2D eigenvalue weighted by molar-refractivity contribution is 0.0454. The van der Waals surface area contributed by atoms with Crippen LogP contribution in [-0.2, 0) is 11.3 Å². The van der Waals surface area contributed by atoms with E-state index in [2.05, 4.69) is 15.9 Å². The Bertz CT molecular complexity index is 588. The van der Waals surface area contributed by atoms with Gasteiger partial charge in [0.2, 0.25) is 5.76 Å². The molecule has 0 saturated carbocycles. The predicted molar refractivity (Wildman–Crippen MR) is 67.4 cm³/mol. The van der Waals surface area contributed by atoms with Gasteiger partial charge in [-0.15, -0.1) is 0 Å². The zero-order chi connectivity index (χ0) is 13.0. The van der Waals surface area contributed by atoms with Gasteiger partial charge in [-0.05, 0) is 34.1 Å². The zero-order valence-electron chi connectivity index (χ0n) is 9.34. The van der Waals surface area contributed by atoms with E-state index in [1.807, 2.05) is 0 Å². The quantitative estimate of drug-likeness (QED) is 0.811. The number of furan rings is 1. The van der Waals surface area contributed by atoms with Crippen LogP contribution in [0.1, 0.15) is 10.6 Å². The van der Waals surface area contributed by atoms with Gasteiger partial charge in [0.25, 0.3) is 5.56 Å². The highest BCUT2D eigenvalue weighted by atomic mass is 79.9. The van der Waals surface area contributed by atoms with Crippen LogP contribution in [0.5, 0.6) is 0 Å². The third-order valence-electron chi connectivity index (χ3n) is 2.24. The molecule has 0 unspecified atom stereocenters. The molecule has 0 aliphatic carbocycles. The summed E-state index contributed by atoms with van der Waals surface area (Å²) in [6.07, 6.45) is 3.04. The van der Waals surface area contributed by atoms with Crippen LogP contribution in [0.25, 0.3) is 0 Å². The lowest BCUT2D eigenvalue weighted by Crippen LogP contribution is -2.21. The number of aromatic nitrogens is 1. The van der Waals surface area contributed by atoms with Gasteiger partial charge in [0.05, 0.1) is 12.8 Å². The predicted octanol–water partition coefficient (Wildman–Crippen LogP) is 2.06. The van der Waals surface area contributed by atoms with E-state index in [0.717, 1.165) is 4.47 Å². The van der Waals surface area contributed by atoms with E-state index < -0.39 is 5.97 Å². The normalized spacial score (nSPS) is 10.3. The lowest BCUT2D eigenvalue weighted by atomic mass is 10.4. The molecule has 0 fully saturated rings. The van der Waals surface area contributed by atoms with Crippen molar-refractivity contribution in [2.75, 3.05) is 6.61 Å². The summed E-state index contributed by atoms with van der Waals surface area (Å²) in [5.41, 5.74) is -0.146. The molecule has 0 aliphatic rings. The minimum absolute atomic E-state index is 0.107. The molecule has 0 radical (unpaired) electrons. The Kier molecular flexibility index (Phi) is 3.99. The summed E-state index contributed by atoms with van der Waals surface area (Å²) in [5, 5.41) is 0. The SMILES string of the molecule is O=C(OCCn1cc(Br)ccc1=O)c1ccco1. The van der Waals surface area contributed by atoms with E-state index >= 15 is 0 Å². The van der Waals surface area contributed by atoms with Crippen molar-refractivity contribution < 1.29 is 13.9 Å². The molecule has 6 heteroatoms. The van der Waals surface area contributed by atoms with E-state index in [1.165, 1.54) is 23.0 Å². The first-order chi connectivity index (χ1) is 8.66. The molecule has 2 aromatic rings. The molecular weight excluding hydrogens is 302 g/mol. The van der Waals surface area contributed by atoms with Gasteiger partial charge in [0, 0.05) is 16.7 Å². The number of ether oxygens (including phenoxy) is 1. The summed E-state index contributed by atoms with van der Waals surface area (Å²) in [6, 6.07) is 6.23. The summed E-state index contributed by atoms with van der Waals surface area (Å²) >= 11 is 3.27. The van der Waals surface area contributed by atoms with Crippen LogP contribution < -0.4 is 5.56 Å². The Hall–Kier alpha value is -1.82. The van der Waals surface area contributed by atoms with Crippen molar-refractivity contribution in [2.24, 2.45) is 0 Å². The van der Waals surface area contributed by atoms with E-state index in [1.54, 1.807) is 18.3 Å². The highest BCUT2D eigenvalue weighted by molar-refractivity contribution is 9.10. The van der Waals surface area contributed by atoms with Gasteiger partial charge >= 0.3 is 5.97 Å². The van der Waals surface area contributed by atoms with Crippen LogP contribution in [0.15, 0.2) is 50.4 Å². The first kappa shape index (κ1) is 12.6. The number of rotatable bonds is 4. The fraction of sp³-hybridized carbons (Fsp3) is 0.167. The number of halogens is 1. The van der Waals surface area contributed by atoms with E-state index in [-0.39, 0.29) is 17.9 Å². The van der Waals surface area contributed by atoms with Crippen LogP contribution in [0.4, 0.5) is 0 Å². The first-order valence-corrected chi connectivity index (χ1v) is 6.03. The molecule has 0 bridgehead atoms. The summed E-state index contributed by atoms with van der Waals surface area (Å²) in [7, 11) is 0. The summed E-state index contributed by atoms with van der Waals surface area (Å²) < 4.78 is 12.1. The van der Waals surface area contributed by atoms with Crippen molar-refractivity contribution in [2.45, 2.75) is 6.54 Å². The topological polar surface area (TPSA) is 61.4 Å². The summed E-state index contributed by atoms with van der Waals surface area (Å²) in [5.74, 6) is -0.389. The number of carbonyl (C=O) groups excluding carboxylic acids is 1. The Balaban J connectivity index is 1.91. The Labute approximate surface area is 111 Å². The number of nitrogens with zero attached hydrogens (tertiary/aromatic N) is 1. The van der Waals surface area contributed by atoms with Gasteiger partial charge in [-0.2, -0.15) is 0 Å². The maximum atomic E-state index is 11.5. The van der Waals surface area contributed by atoms with Gasteiger partial charge < -0.3 is 13.7 Å². The molecule has 2 rings (SSSR count). The smallest absolute Gasteiger partial charge is 0.374 e. The third-order valence-corrected chi connectivity index (χ3v) is 2.70. The second-order valence-corrected chi connectivity index (χ2v) is 4.41. The zero-order valence-corrected chi connectivity index (χ0v) is 10.9. The van der Waals surface area contributed by atoms with Crippen LogP contribution in [-0.4, -0.2) is 17.1 Å². The Morgan fingerprint density at radius 1 is 1.39 bits per heavy atom. The standard InChI is InChI=1S/C12H10BrNO4/c13-9-3-4-11(15)14(8-9)5-7-18-12(16)10-2-1-6-17-10/h1-4,6,8H,5,7H2. The molecule has 0 N–H and O–H groups in total. The highest BCUT2D eigenvalue weighted by Crippen LogP contribution is 2.05. The number of pyridine rings is 1. The average molecular weight is 312 g/mol. The molecule has 0 amide bonds. The second-order valence-electron chi connectivity index (χ2n) is 3.49. The molecule has 0 aromatic carbocycles. The molecule has 18 heavy (non-hydrogen) atoms. The fourth-order valence-corrected chi connectivity index (χ4v) is 1.76. The number of hydrogen-bond acceptors (Lipinski definition) is 4. The molecule has 0 saturated heterocycles. The van der Waals surface area contributed by atoms with Crippen molar-refractivity contribution in [3.05, 3.63) is 57.3 Å². The number of carbonyl (C=O) groups is 1. The van der Waals surface area contributed by atoms with Crippen LogP contribution in [0.3, 0.4) is 0 Å². The van der Waals surface area contributed by atoms with Gasteiger partial charge in [0.1, 0.15) is 6.61 Å². The van der Waals surface area contributed by atoms with Crippen molar-refractivity contribution in [3.63, 3.8) is 0 Å². The Morgan fingerprint density at radius 2 is 2.22 bits per heavy atom. The molecular formula is C12H10BrNO4. The monoisotopic (exact) mass is 311 g/mol. The molecule has 0 spiro atoms. The molecule has 2 heterocycles. The van der Waals surface area contributed by atoms with Gasteiger partial charge in [-0.3, -0.25) is 4.79 Å². The van der Waals surface area contributed by atoms with E-state index in [0.29, 0.717) is 6.54 Å². The first-order valence-electron chi connectivity index (χ1n) is 5.23. The molecule has 0 aliphatic heterocycles. The molecule has 94 valence electrons. The van der Waals surface area contributed by atoms with E-state index in [9.17, 15) is 9.59 Å². The second kappa shape index (κ2) is 5.68. The van der Waals surface area contributed by atoms with Crippen molar-refractivity contribution >= 4 is 21.9 Å². The van der Waals surface area contributed by atoms with Crippen molar-refractivity contribution in [1.29, 1.82) is 0 Å². The van der Waals surface area contributed by atoms with Crippen molar-refractivity contribution in [1.82, 2.24) is 4.57 Å². The van der Waals surface area contributed by atoms with Crippen molar-refractivity contribution in [3.8, 4) is 0 Å². The number of esters is 1. The minimum atomic E-state index is -0.539. The summed E-state index contributed by atoms with van der Waals surface area (Å²) in [6.45, 7) is 0.403. The average Bonchev–Trinajstić information content (AvgIpc) is 2.87. The van der Waals surface area contributed by atoms with Crippen LogP contribution in [0.2, 0.25) is 0 Å². The third kappa shape index (κ3) is 3.10.